The number of alkyl halides is 3. The first kappa shape index (κ1) is 24.8. The summed E-state index contributed by atoms with van der Waals surface area (Å²) in [6.07, 6.45) is -4.83. The second kappa shape index (κ2) is 8.92. The first-order valence-corrected chi connectivity index (χ1v) is 11.8. The van der Waals surface area contributed by atoms with Crippen molar-refractivity contribution in [3.63, 3.8) is 0 Å². The maximum atomic E-state index is 13.3. The molecule has 1 fully saturated rings. The minimum atomic E-state index is -4.52. The third-order valence-corrected chi connectivity index (χ3v) is 6.77. The van der Waals surface area contributed by atoms with Crippen LogP contribution in [0.25, 0.3) is 33.6 Å². The summed E-state index contributed by atoms with van der Waals surface area (Å²) in [4.78, 5) is 29.9. The van der Waals surface area contributed by atoms with Gasteiger partial charge in [-0.2, -0.15) is 13.2 Å². The van der Waals surface area contributed by atoms with Gasteiger partial charge in [0.2, 0.25) is 5.71 Å². The third kappa shape index (κ3) is 4.44. The Morgan fingerprint density at radius 2 is 1.73 bits per heavy atom. The first-order chi connectivity index (χ1) is 17.5. The highest BCUT2D eigenvalue weighted by Crippen LogP contribution is 2.49. The number of amides is 2. The minimum Gasteiger partial charge on any atom is -0.437 e. The number of carbonyl (C=O) groups excluding carboxylic acids is 2. The monoisotopic (exact) mass is 527 g/mol. The summed E-state index contributed by atoms with van der Waals surface area (Å²) in [7, 11) is 1.50. The van der Waals surface area contributed by atoms with Gasteiger partial charge in [-0.1, -0.05) is 53.6 Å². The Balaban J connectivity index is 1.58. The Labute approximate surface area is 214 Å². The van der Waals surface area contributed by atoms with Crippen molar-refractivity contribution in [3.05, 3.63) is 76.4 Å². The van der Waals surface area contributed by atoms with Gasteiger partial charge in [-0.25, -0.2) is 4.98 Å². The number of hydrogen-bond donors (Lipinski definition) is 2. The van der Waals surface area contributed by atoms with E-state index >= 15 is 0 Å². The Bertz CT molecular complexity index is 1540. The smallest absolute Gasteiger partial charge is 0.411 e. The van der Waals surface area contributed by atoms with Gasteiger partial charge >= 0.3 is 6.18 Å². The molecule has 1 saturated carbocycles. The quantitative estimate of drug-likeness (QED) is 0.298. The number of benzene rings is 2. The highest BCUT2D eigenvalue weighted by molar-refractivity contribution is 6.32. The van der Waals surface area contributed by atoms with E-state index in [1.165, 1.54) is 19.2 Å². The van der Waals surface area contributed by atoms with Crippen LogP contribution in [-0.2, 0) is 0 Å². The number of furan rings is 1. The highest BCUT2D eigenvalue weighted by Gasteiger charge is 2.64. The SMILES string of the molecule is CNC(=O)c1c(-c2ccc(C)cc2)oc2nc(Cl)c(-c3cccc(C(=O)NC4(C(F)(F)F)CC4)c3)cc12. The molecule has 1 aliphatic carbocycles. The van der Waals surface area contributed by atoms with Crippen molar-refractivity contribution in [2.45, 2.75) is 31.5 Å². The van der Waals surface area contributed by atoms with E-state index in [2.05, 4.69) is 15.6 Å². The van der Waals surface area contributed by atoms with Crippen molar-refractivity contribution in [1.82, 2.24) is 15.6 Å². The molecule has 0 saturated heterocycles. The van der Waals surface area contributed by atoms with Crippen LogP contribution in [0.3, 0.4) is 0 Å². The van der Waals surface area contributed by atoms with Crippen LogP contribution in [0, 0.1) is 6.92 Å². The number of aromatic nitrogens is 1. The standard InChI is InChI=1S/C27H21ClF3N3O3/c1-14-6-8-15(9-7-14)21-20(24(36)32-2)19-13-18(22(28)33-25(19)37-21)16-4-3-5-17(12-16)23(35)34-26(10-11-26)27(29,30)31/h3-9,12-13H,10-11H2,1-2H3,(H,32,36)(H,34,35). The van der Waals surface area contributed by atoms with Gasteiger partial charge in [-0.3, -0.25) is 9.59 Å². The van der Waals surface area contributed by atoms with Crippen LogP contribution in [0.2, 0.25) is 5.15 Å². The van der Waals surface area contributed by atoms with Crippen LogP contribution in [0.15, 0.2) is 59.0 Å². The lowest BCUT2D eigenvalue weighted by Gasteiger charge is -2.20. The number of rotatable bonds is 5. The van der Waals surface area contributed by atoms with E-state index in [1.807, 2.05) is 31.2 Å². The first-order valence-electron chi connectivity index (χ1n) is 11.4. The lowest BCUT2D eigenvalue weighted by atomic mass is 10.0. The summed E-state index contributed by atoms with van der Waals surface area (Å²) in [6, 6.07) is 15.1. The lowest BCUT2D eigenvalue weighted by molar-refractivity contribution is -0.163. The van der Waals surface area contributed by atoms with Crippen LogP contribution >= 0.6 is 11.6 Å². The van der Waals surface area contributed by atoms with Gasteiger partial charge in [-0.05, 0) is 43.5 Å². The number of nitrogens with zero attached hydrogens (tertiary/aromatic N) is 1. The molecule has 2 aromatic carbocycles. The second-order valence-electron chi connectivity index (χ2n) is 9.05. The van der Waals surface area contributed by atoms with Crippen LogP contribution < -0.4 is 10.6 Å². The fourth-order valence-corrected chi connectivity index (χ4v) is 4.43. The number of fused-ring (bicyclic) bond motifs is 1. The molecular formula is C27H21ClF3N3O3. The normalized spacial score (nSPS) is 14.4. The van der Waals surface area contributed by atoms with Crippen LogP contribution in [0.4, 0.5) is 13.2 Å². The molecule has 190 valence electrons. The molecule has 10 heteroatoms. The number of pyridine rings is 1. The lowest BCUT2D eigenvalue weighted by Crippen LogP contribution is -2.47. The number of aryl methyl sites for hydroxylation is 1. The molecule has 5 rings (SSSR count). The summed E-state index contributed by atoms with van der Waals surface area (Å²) in [5.41, 5.74) is 0.840. The zero-order chi connectivity index (χ0) is 26.5. The zero-order valence-electron chi connectivity index (χ0n) is 19.8. The molecule has 0 atom stereocenters. The maximum absolute atomic E-state index is 13.3. The van der Waals surface area contributed by atoms with Gasteiger partial charge in [-0.15, -0.1) is 0 Å². The molecule has 1 aliphatic rings. The maximum Gasteiger partial charge on any atom is 0.411 e. The topological polar surface area (TPSA) is 84.2 Å². The van der Waals surface area contributed by atoms with Gasteiger partial charge in [0, 0.05) is 23.7 Å². The molecule has 0 unspecified atom stereocenters. The summed E-state index contributed by atoms with van der Waals surface area (Å²) < 4.78 is 45.9. The van der Waals surface area contributed by atoms with Gasteiger partial charge in [0.05, 0.1) is 10.9 Å². The Morgan fingerprint density at radius 1 is 1.03 bits per heavy atom. The summed E-state index contributed by atoms with van der Waals surface area (Å²) in [6.45, 7) is 1.94. The summed E-state index contributed by atoms with van der Waals surface area (Å²) >= 11 is 6.47. The van der Waals surface area contributed by atoms with E-state index in [1.54, 1.807) is 18.2 Å². The molecule has 6 nitrogen and oxygen atoms in total. The molecule has 0 bridgehead atoms. The average molecular weight is 528 g/mol. The van der Waals surface area contributed by atoms with Gasteiger partial charge in [0.15, 0.2) is 0 Å². The largest absolute Gasteiger partial charge is 0.437 e. The van der Waals surface area contributed by atoms with Crippen molar-refractivity contribution in [3.8, 4) is 22.5 Å². The van der Waals surface area contributed by atoms with Crippen LogP contribution in [0.1, 0.15) is 39.1 Å². The van der Waals surface area contributed by atoms with E-state index in [9.17, 15) is 22.8 Å². The van der Waals surface area contributed by atoms with Gasteiger partial charge in [0.1, 0.15) is 16.5 Å². The molecule has 2 aromatic heterocycles. The van der Waals surface area contributed by atoms with Crippen molar-refractivity contribution in [2.24, 2.45) is 0 Å². The Kier molecular flexibility index (Phi) is 5.98. The summed E-state index contributed by atoms with van der Waals surface area (Å²) in [5, 5.41) is 5.19. The second-order valence-corrected chi connectivity index (χ2v) is 9.40. The molecule has 4 aromatic rings. The number of hydrogen-bond acceptors (Lipinski definition) is 4. The van der Waals surface area contributed by atoms with E-state index < -0.39 is 17.6 Å². The third-order valence-electron chi connectivity index (χ3n) is 6.49. The van der Waals surface area contributed by atoms with E-state index in [0.717, 1.165) is 5.56 Å². The van der Waals surface area contributed by atoms with Gasteiger partial charge < -0.3 is 15.1 Å². The van der Waals surface area contributed by atoms with Crippen LogP contribution in [0.5, 0.6) is 0 Å². The molecule has 37 heavy (non-hydrogen) atoms. The number of nitrogens with one attached hydrogen (secondary N) is 2. The van der Waals surface area contributed by atoms with Crippen LogP contribution in [-0.4, -0.2) is 35.6 Å². The van der Waals surface area contributed by atoms with E-state index in [0.29, 0.717) is 27.8 Å². The fraction of sp³-hybridized carbons (Fsp3) is 0.222. The van der Waals surface area contributed by atoms with Crippen molar-refractivity contribution in [1.29, 1.82) is 0 Å². The summed E-state index contributed by atoms with van der Waals surface area (Å²) in [5.74, 6) is -0.901. The van der Waals surface area contributed by atoms with Crippen molar-refractivity contribution >= 4 is 34.5 Å². The Hall–Kier alpha value is -3.85. The number of carbonyl (C=O) groups is 2. The highest BCUT2D eigenvalue weighted by atomic mass is 35.5. The molecular weight excluding hydrogens is 507 g/mol. The average Bonchev–Trinajstić information content (AvgIpc) is 3.57. The molecule has 0 spiro atoms. The predicted octanol–water partition coefficient (Wildman–Crippen LogP) is 6.31. The molecule has 2 heterocycles. The number of halogens is 4. The molecule has 0 aliphatic heterocycles. The molecule has 2 N–H and O–H groups in total. The minimum absolute atomic E-state index is 0.0447. The molecule has 2 amide bonds. The Morgan fingerprint density at radius 3 is 2.35 bits per heavy atom. The fourth-order valence-electron chi connectivity index (χ4n) is 4.19. The predicted molar refractivity (Wildman–Crippen MR) is 134 cm³/mol. The van der Waals surface area contributed by atoms with E-state index in [-0.39, 0.29) is 40.7 Å². The van der Waals surface area contributed by atoms with E-state index in [4.69, 9.17) is 16.0 Å². The van der Waals surface area contributed by atoms with Crippen molar-refractivity contribution in [2.75, 3.05) is 7.05 Å². The molecule has 0 radical (unpaired) electrons. The van der Waals surface area contributed by atoms with Crippen molar-refractivity contribution < 1.29 is 27.2 Å². The zero-order valence-corrected chi connectivity index (χ0v) is 20.6. The van der Waals surface area contributed by atoms with Gasteiger partial charge in [0.25, 0.3) is 11.8 Å².